The van der Waals surface area contributed by atoms with E-state index in [9.17, 15) is 4.79 Å². The molecule has 1 spiro atoms. The van der Waals surface area contributed by atoms with Crippen molar-refractivity contribution in [3.63, 3.8) is 0 Å². The monoisotopic (exact) mass is 570 g/mol. The highest BCUT2D eigenvalue weighted by Crippen LogP contribution is 2.55. The Morgan fingerprint density at radius 3 is 1.86 bits per heavy atom. The van der Waals surface area contributed by atoms with Gasteiger partial charge in [-0.25, -0.2) is 0 Å². The summed E-state index contributed by atoms with van der Waals surface area (Å²) >= 11 is 0. The summed E-state index contributed by atoms with van der Waals surface area (Å²) in [7, 11) is 0. The number of hydrogen-bond acceptors (Lipinski definition) is 3. The van der Waals surface area contributed by atoms with Crippen LogP contribution in [0.1, 0.15) is 133 Å². The largest absolute Gasteiger partial charge is 0.482 e. The van der Waals surface area contributed by atoms with E-state index in [4.69, 9.17) is 9.47 Å². The average molecular weight is 571 g/mol. The molecule has 0 bridgehead atoms. The molecule has 3 heteroatoms. The number of carbonyl (C=O) groups is 1. The highest BCUT2D eigenvalue weighted by atomic mass is 16.5. The van der Waals surface area contributed by atoms with Gasteiger partial charge in [-0.3, -0.25) is 4.79 Å². The second-order valence-corrected chi connectivity index (χ2v) is 13.1. The summed E-state index contributed by atoms with van der Waals surface area (Å²) < 4.78 is 14.4. The molecule has 3 atom stereocenters. The van der Waals surface area contributed by atoms with E-state index >= 15 is 0 Å². The van der Waals surface area contributed by atoms with E-state index in [1.807, 2.05) is 6.08 Å². The van der Waals surface area contributed by atoms with Crippen molar-refractivity contribution in [2.75, 3.05) is 0 Å². The molecule has 42 heavy (non-hydrogen) atoms. The number of hydrogen-bond donors (Lipinski definition) is 0. The summed E-state index contributed by atoms with van der Waals surface area (Å²) in [5.41, 5.74) is 7.97. The van der Waals surface area contributed by atoms with Crippen LogP contribution < -0.4 is 9.47 Å². The molecule has 2 aliphatic heterocycles. The molecule has 2 aromatic rings. The van der Waals surface area contributed by atoms with Crippen molar-refractivity contribution >= 4 is 5.78 Å². The van der Waals surface area contributed by atoms with Crippen molar-refractivity contribution in [3.05, 3.63) is 69.3 Å². The quantitative estimate of drug-likeness (QED) is 0.255. The number of ether oxygens (including phenoxy) is 2. The second kappa shape index (κ2) is 13.0. The highest BCUT2D eigenvalue weighted by Gasteiger charge is 2.63. The van der Waals surface area contributed by atoms with Crippen LogP contribution >= 0.6 is 0 Å². The van der Waals surface area contributed by atoms with Gasteiger partial charge in [-0.1, -0.05) is 72.9 Å². The zero-order valence-electron chi connectivity index (χ0n) is 27.3. The van der Waals surface area contributed by atoms with Gasteiger partial charge >= 0.3 is 0 Å². The number of benzene rings is 2. The van der Waals surface area contributed by atoms with Crippen molar-refractivity contribution < 1.29 is 14.3 Å². The van der Waals surface area contributed by atoms with Crippen LogP contribution in [0, 0.1) is 5.92 Å². The van der Waals surface area contributed by atoms with E-state index < -0.39 is 11.2 Å². The minimum Gasteiger partial charge on any atom is -0.482 e. The lowest BCUT2D eigenvalue weighted by Gasteiger charge is -2.56. The molecule has 1 aliphatic carbocycles. The first-order valence-corrected chi connectivity index (χ1v) is 17.3. The Kier molecular flexibility index (Phi) is 9.55. The topological polar surface area (TPSA) is 35.5 Å². The lowest BCUT2D eigenvalue weighted by atomic mass is 9.58. The summed E-state index contributed by atoms with van der Waals surface area (Å²) in [5, 5.41) is 0. The van der Waals surface area contributed by atoms with Crippen LogP contribution in [0.2, 0.25) is 0 Å². The Hall–Kier alpha value is -2.55. The van der Waals surface area contributed by atoms with Gasteiger partial charge in [-0.05, 0) is 134 Å². The maximum atomic E-state index is 14.4. The van der Waals surface area contributed by atoms with E-state index in [2.05, 4.69) is 65.8 Å². The number of rotatable bonds is 12. The molecule has 0 radical (unpaired) electrons. The van der Waals surface area contributed by atoms with Gasteiger partial charge in [-0.15, -0.1) is 0 Å². The van der Waals surface area contributed by atoms with Gasteiger partial charge in [-0.2, -0.15) is 0 Å². The lowest BCUT2D eigenvalue weighted by Crippen LogP contribution is -2.67. The third-order valence-electron chi connectivity index (χ3n) is 10.6. The Balaban J connectivity index is 1.62. The number of fused-ring (bicyclic) bond motifs is 4. The van der Waals surface area contributed by atoms with E-state index in [1.54, 1.807) is 0 Å². The van der Waals surface area contributed by atoms with Crippen LogP contribution in [0.25, 0.3) is 0 Å². The van der Waals surface area contributed by atoms with Crippen molar-refractivity contribution in [3.8, 4) is 11.5 Å². The third-order valence-corrected chi connectivity index (χ3v) is 10.6. The van der Waals surface area contributed by atoms with Gasteiger partial charge in [0.2, 0.25) is 0 Å². The molecule has 3 unspecified atom stereocenters. The van der Waals surface area contributed by atoms with Crippen LogP contribution in [0.4, 0.5) is 0 Å². The molecular formula is C39H54O3. The maximum Gasteiger partial charge on any atom is 0.199 e. The molecule has 0 amide bonds. The standard InChI is InChI=1S/C39H54O3/c1-7-13-16-29-23-34-31(21-27(29)10-4)19-20-39(42-34)36-25-32-22-28(11-5)30(17-14-8-2)24-35(32)41-38(36,12-6)33(18-15-9-3)26-37(39)40/h21-24,26,36H,7-20,25H2,1-6H3. The number of aryl methyl sites for hydroxylation is 5. The first-order valence-electron chi connectivity index (χ1n) is 17.3. The smallest absolute Gasteiger partial charge is 0.199 e. The van der Waals surface area contributed by atoms with Crippen molar-refractivity contribution in [1.82, 2.24) is 0 Å². The Bertz CT molecular complexity index is 1320. The van der Waals surface area contributed by atoms with E-state index in [-0.39, 0.29) is 11.7 Å². The van der Waals surface area contributed by atoms with E-state index in [0.29, 0.717) is 6.42 Å². The van der Waals surface area contributed by atoms with Crippen LogP contribution in [-0.4, -0.2) is 17.0 Å². The summed E-state index contributed by atoms with van der Waals surface area (Å²) in [6.07, 6.45) is 17.2. The maximum absolute atomic E-state index is 14.4. The van der Waals surface area contributed by atoms with Crippen LogP contribution in [-0.2, 0) is 43.3 Å². The molecule has 2 aromatic carbocycles. The number of carbonyl (C=O) groups excluding carboxylic acids is 1. The minimum absolute atomic E-state index is 0.0452. The van der Waals surface area contributed by atoms with Gasteiger partial charge in [0.25, 0.3) is 0 Å². The number of ketones is 1. The fourth-order valence-electron chi connectivity index (χ4n) is 8.08. The first kappa shape index (κ1) is 30.9. The molecule has 0 saturated heterocycles. The molecule has 0 saturated carbocycles. The number of unbranched alkanes of at least 4 members (excludes halogenated alkanes) is 3. The first-order chi connectivity index (χ1) is 20.4. The Morgan fingerprint density at radius 1 is 0.714 bits per heavy atom. The average Bonchev–Trinajstić information content (AvgIpc) is 3.02. The fourth-order valence-corrected chi connectivity index (χ4v) is 8.08. The normalized spacial score (nSPS) is 24.4. The predicted octanol–water partition coefficient (Wildman–Crippen LogP) is 9.66. The Labute approximate surface area is 255 Å². The van der Waals surface area contributed by atoms with E-state index in [1.165, 1.54) is 64.6 Å². The van der Waals surface area contributed by atoms with Gasteiger partial charge in [0, 0.05) is 0 Å². The molecule has 3 nitrogen and oxygen atoms in total. The lowest BCUT2D eigenvalue weighted by molar-refractivity contribution is -0.153. The zero-order chi connectivity index (χ0) is 29.9. The summed E-state index contributed by atoms with van der Waals surface area (Å²) in [6.45, 7) is 13.5. The van der Waals surface area contributed by atoms with Gasteiger partial charge in [0.05, 0.1) is 5.92 Å². The van der Waals surface area contributed by atoms with Crippen molar-refractivity contribution in [2.24, 2.45) is 5.92 Å². The SMILES string of the molecule is CCCCC1=CC(=O)C2(CCc3cc(CC)c(CCCC)cc3O2)C2Cc3cc(CC)c(CCCC)cc3OC12CC. The second-order valence-electron chi connectivity index (χ2n) is 13.1. The van der Waals surface area contributed by atoms with Crippen LogP contribution in [0.5, 0.6) is 11.5 Å². The summed E-state index contributed by atoms with van der Waals surface area (Å²) in [6, 6.07) is 9.40. The molecule has 0 fully saturated rings. The van der Waals surface area contributed by atoms with Crippen molar-refractivity contribution in [1.29, 1.82) is 0 Å². The summed E-state index contributed by atoms with van der Waals surface area (Å²) in [4.78, 5) is 14.4. The Morgan fingerprint density at radius 2 is 1.29 bits per heavy atom. The van der Waals surface area contributed by atoms with E-state index in [0.717, 1.165) is 75.7 Å². The molecule has 3 aliphatic rings. The molecule has 2 heterocycles. The summed E-state index contributed by atoms with van der Waals surface area (Å²) in [5.74, 6) is 2.08. The molecule has 0 N–H and O–H groups in total. The zero-order valence-corrected chi connectivity index (χ0v) is 27.3. The highest BCUT2D eigenvalue weighted by molar-refractivity contribution is 6.00. The van der Waals surface area contributed by atoms with Crippen LogP contribution in [0.3, 0.4) is 0 Å². The molecule has 0 aromatic heterocycles. The van der Waals surface area contributed by atoms with Gasteiger partial charge in [0.15, 0.2) is 11.4 Å². The van der Waals surface area contributed by atoms with Crippen molar-refractivity contribution in [2.45, 2.75) is 149 Å². The van der Waals surface area contributed by atoms with Gasteiger partial charge in [0.1, 0.15) is 17.1 Å². The van der Waals surface area contributed by atoms with Gasteiger partial charge < -0.3 is 9.47 Å². The minimum atomic E-state index is -0.889. The fraction of sp³-hybridized carbons (Fsp3) is 0.615. The van der Waals surface area contributed by atoms with Crippen LogP contribution in [0.15, 0.2) is 35.9 Å². The predicted molar refractivity (Wildman–Crippen MR) is 174 cm³/mol. The molecule has 5 rings (SSSR count). The molecule has 228 valence electrons. The molecular weight excluding hydrogens is 516 g/mol. The third kappa shape index (κ3) is 5.35.